The number of hydrogen-bond donors (Lipinski definition) is 2. The van der Waals surface area contributed by atoms with E-state index in [0.29, 0.717) is 19.5 Å². The molecule has 1 aromatic heterocycles. The second kappa shape index (κ2) is 6.36. The van der Waals surface area contributed by atoms with E-state index in [-0.39, 0.29) is 12.1 Å². The summed E-state index contributed by atoms with van der Waals surface area (Å²) in [4.78, 5) is 28.6. The number of carbonyl (C=O) groups is 2. The summed E-state index contributed by atoms with van der Waals surface area (Å²) in [5, 5.41) is 11.9. The molecule has 6 heteroatoms. The number of amides is 2. The Morgan fingerprint density at radius 2 is 2.15 bits per heavy atom. The highest BCUT2D eigenvalue weighted by Crippen LogP contribution is 2.24. The summed E-state index contributed by atoms with van der Waals surface area (Å²) in [5.41, 5.74) is 1.11. The molecule has 0 aromatic carbocycles. The Morgan fingerprint density at radius 3 is 2.75 bits per heavy atom. The smallest absolute Gasteiger partial charge is 0.317 e. The van der Waals surface area contributed by atoms with Gasteiger partial charge in [0.25, 0.3) is 0 Å². The number of hydrogen-bond acceptors (Lipinski definition) is 3. The molecule has 1 aromatic rings. The van der Waals surface area contributed by atoms with Gasteiger partial charge in [-0.1, -0.05) is 0 Å². The summed E-state index contributed by atoms with van der Waals surface area (Å²) in [5.74, 6) is -1.29. The van der Waals surface area contributed by atoms with Gasteiger partial charge in [0, 0.05) is 31.5 Å². The number of carbonyl (C=O) groups excluding carboxylic acids is 1. The lowest BCUT2D eigenvalue weighted by Crippen LogP contribution is -2.44. The van der Waals surface area contributed by atoms with E-state index in [1.807, 2.05) is 12.1 Å². The Bertz CT molecular complexity index is 478. The van der Waals surface area contributed by atoms with Crippen LogP contribution in [-0.2, 0) is 11.2 Å². The van der Waals surface area contributed by atoms with Gasteiger partial charge in [0.1, 0.15) is 0 Å². The van der Waals surface area contributed by atoms with Crippen molar-refractivity contribution in [3.8, 4) is 0 Å². The zero-order chi connectivity index (χ0) is 14.5. The average Bonchev–Trinajstić information content (AvgIpc) is 2.82. The monoisotopic (exact) mass is 277 g/mol. The molecule has 0 spiro atoms. The van der Waals surface area contributed by atoms with E-state index in [9.17, 15) is 9.59 Å². The Morgan fingerprint density at radius 1 is 1.45 bits per heavy atom. The molecule has 2 heterocycles. The Labute approximate surface area is 117 Å². The number of carboxylic acids is 1. The number of nitrogens with one attached hydrogen (secondary N) is 1. The lowest BCUT2D eigenvalue weighted by atomic mass is 10.0. The molecule has 0 aliphatic carbocycles. The molecule has 0 bridgehead atoms. The molecule has 2 amide bonds. The van der Waals surface area contributed by atoms with E-state index in [4.69, 9.17) is 5.11 Å². The minimum absolute atomic E-state index is 0.185. The van der Waals surface area contributed by atoms with Gasteiger partial charge in [-0.2, -0.15) is 0 Å². The summed E-state index contributed by atoms with van der Waals surface area (Å²) >= 11 is 0. The number of nitrogens with zero attached hydrogens (tertiary/aromatic N) is 2. The Kier molecular flexibility index (Phi) is 4.55. The third-order valence-electron chi connectivity index (χ3n) is 3.77. The summed E-state index contributed by atoms with van der Waals surface area (Å²) in [6.45, 7) is 2.82. The predicted molar refractivity (Wildman–Crippen MR) is 73.3 cm³/mol. The van der Waals surface area contributed by atoms with Crippen molar-refractivity contribution in [2.45, 2.75) is 25.8 Å². The second-order valence-corrected chi connectivity index (χ2v) is 5.00. The van der Waals surface area contributed by atoms with E-state index in [1.54, 1.807) is 24.2 Å². The van der Waals surface area contributed by atoms with Crippen molar-refractivity contribution >= 4 is 12.0 Å². The molecule has 1 fully saturated rings. The highest BCUT2D eigenvalue weighted by atomic mass is 16.4. The van der Waals surface area contributed by atoms with Gasteiger partial charge in [0.2, 0.25) is 0 Å². The van der Waals surface area contributed by atoms with Crippen molar-refractivity contribution < 1.29 is 14.7 Å². The molecule has 1 aliphatic heterocycles. The van der Waals surface area contributed by atoms with E-state index < -0.39 is 11.9 Å². The first kappa shape index (κ1) is 14.3. The highest BCUT2D eigenvalue weighted by Gasteiger charge is 2.37. The summed E-state index contributed by atoms with van der Waals surface area (Å²) in [6, 6.07) is 3.37. The van der Waals surface area contributed by atoms with Crippen molar-refractivity contribution in [2.24, 2.45) is 5.92 Å². The topological polar surface area (TPSA) is 82.5 Å². The fourth-order valence-corrected chi connectivity index (χ4v) is 2.52. The standard InChI is InChI=1S/C14H19N3O3/c1-10-12(13(18)19)5-9-17(10)14(20)16-8-4-11-2-6-15-7-3-11/h2-3,6-7,10,12H,4-5,8-9H2,1H3,(H,16,20)(H,18,19). The fraction of sp³-hybridized carbons (Fsp3) is 0.500. The molecule has 1 aliphatic rings. The minimum atomic E-state index is -0.829. The molecule has 2 N–H and O–H groups in total. The van der Waals surface area contributed by atoms with E-state index in [0.717, 1.165) is 12.0 Å². The lowest BCUT2D eigenvalue weighted by Gasteiger charge is -2.23. The third-order valence-corrected chi connectivity index (χ3v) is 3.77. The minimum Gasteiger partial charge on any atom is -0.481 e. The molecule has 2 rings (SSSR count). The van der Waals surface area contributed by atoms with Crippen LogP contribution in [0.25, 0.3) is 0 Å². The summed E-state index contributed by atoms with van der Waals surface area (Å²) in [7, 11) is 0. The first-order valence-electron chi connectivity index (χ1n) is 6.76. The zero-order valence-electron chi connectivity index (χ0n) is 11.5. The highest BCUT2D eigenvalue weighted by molar-refractivity contribution is 5.78. The van der Waals surface area contributed by atoms with Crippen molar-refractivity contribution in [2.75, 3.05) is 13.1 Å². The average molecular weight is 277 g/mol. The van der Waals surface area contributed by atoms with Crippen molar-refractivity contribution in [3.63, 3.8) is 0 Å². The molecule has 1 saturated heterocycles. The number of pyridine rings is 1. The van der Waals surface area contributed by atoms with Crippen LogP contribution in [0.4, 0.5) is 4.79 Å². The quantitative estimate of drug-likeness (QED) is 0.864. The maximum Gasteiger partial charge on any atom is 0.317 e. The first-order chi connectivity index (χ1) is 9.59. The fourth-order valence-electron chi connectivity index (χ4n) is 2.52. The largest absolute Gasteiger partial charge is 0.481 e. The van der Waals surface area contributed by atoms with Crippen LogP contribution in [0, 0.1) is 5.92 Å². The molecule has 0 saturated carbocycles. The van der Waals surface area contributed by atoms with Crippen LogP contribution in [-0.4, -0.2) is 46.1 Å². The molecule has 108 valence electrons. The van der Waals surface area contributed by atoms with Gasteiger partial charge in [0.15, 0.2) is 0 Å². The van der Waals surface area contributed by atoms with Gasteiger partial charge in [0.05, 0.1) is 5.92 Å². The van der Waals surface area contributed by atoms with E-state index in [1.165, 1.54) is 0 Å². The second-order valence-electron chi connectivity index (χ2n) is 5.00. The number of carboxylic acid groups (broad SMARTS) is 1. The predicted octanol–water partition coefficient (Wildman–Crippen LogP) is 1.13. The Hall–Kier alpha value is -2.11. The summed E-state index contributed by atoms with van der Waals surface area (Å²) < 4.78 is 0. The van der Waals surface area contributed by atoms with Gasteiger partial charge in [-0.05, 0) is 37.5 Å². The van der Waals surface area contributed by atoms with Gasteiger partial charge < -0.3 is 15.3 Å². The number of aliphatic carboxylic acids is 1. The molecule has 6 nitrogen and oxygen atoms in total. The summed E-state index contributed by atoms with van der Waals surface area (Å²) in [6.07, 6.45) is 4.70. The number of likely N-dealkylation sites (tertiary alicyclic amines) is 1. The maximum atomic E-state index is 12.0. The maximum absolute atomic E-state index is 12.0. The van der Waals surface area contributed by atoms with Crippen LogP contribution in [0.15, 0.2) is 24.5 Å². The van der Waals surface area contributed by atoms with Crippen LogP contribution < -0.4 is 5.32 Å². The van der Waals surface area contributed by atoms with Gasteiger partial charge >= 0.3 is 12.0 Å². The molecule has 0 radical (unpaired) electrons. The lowest BCUT2D eigenvalue weighted by molar-refractivity contribution is -0.142. The molecule has 2 atom stereocenters. The number of aromatic nitrogens is 1. The van der Waals surface area contributed by atoms with Crippen molar-refractivity contribution in [3.05, 3.63) is 30.1 Å². The van der Waals surface area contributed by atoms with Crippen LogP contribution in [0.3, 0.4) is 0 Å². The van der Waals surface area contributed by atoms with Crippen LogP contribution in [0.1, 0.15) is 18.9 Å². The zero-order valence-corrected chi connectivity index (χ0v) is 11.5. The van der Waals surface area contributed by atoms with Crippen LogP contribution in [0.5, 0.6) is 0 Å². The normalized spacial score (nSPS) is 21.8. The number of urea groups is 1. The number of rotatable bonds is 4. The molecular formula is C14H19N3O3. The van der Waals surface area contributed by atoms with Gasteiger partial charge in [-0.25, -0.2) is 4.79 Å². The third kappa shape index (κ3) is 3.26. The van der Waals surface area contributed by atoms with Gasteiger partial charge in [-0.15, -0.1) is 0 Å². The first-order valence-corrected chi connectivity index (χ1v) is 6.76. The SMILES string of the molecule is CC1C(C(=O)O)CCN1C(=O)NCCc1ccncc1. The molecule has 20 heavy (non-hydrogen) atoms. The van der Waals surface area contributed by atoms with E-state index >= 15 is 0 Å². The van der Waals surface area contributed by atoms with Crippen LogP contribution in [0.2, 0.25) is 0 Å². The van der Waals surface area contributed by atoms with Crippen molar-refractivity contribution in [1.29, 1.82) is 0 Å². The van der Waals surface area contributed by atoms with Crippen molar-refractivity contribution in [1.82, 2.24) is 15.2 Å². The Balaban J connectivity index is 1.80. The van der Waals surface area contributed by atoms with Gasteiger partial charge in [-0.3, -0.25) is 9.78 Å². The van der Waals surface area contributed by atoms with Crippen LogP contribution >= 0.6 is 0 Å². The van der Waals surface area contributed by atoms with E-state index in [2.05, 4.69) is 10.3 Å². The molecule has 2 unspecified atom stereocenters. The molecular weight excluding hydrogens is 258 g/mol.